The molecule has 0 fully saturated rings. The lowest BCUT2D eigenvalue weighted by Crippen LogP contribution is -2.29. The summed E-state index contributed by atoms with van der Waals surface area (Å²) in [5.74, 6) is 0.850. The number of hydrogen-bond donors (Lipinski definition) is 7. The Bertz CT molecular complexity index is 1420. The van der Waals surface area contributed by atoms with Gasteiger partial charge in [0.15, 0.2) is 5.75 Å². The minimum Gasteiger partial charge on any atom is -0.506 e. The first-order chi connectivity index (χ1) is 26.1. The van der Waals surface area contributed by atoms with Crippen molar-refractivity contribution in [3.05, 3.63) is 44.1 Å². The van der Waals surface area contributed by atoms with Crippen molar-refractivity contribution in [2.24, 2.45) is 0 Å². The summed E-state index contributed by atoms with van der Waals surface area (Å²) >= 11 is 8.51. The lowest BCUT2D eigenvalue weighted by atomic mass is 9.98. The topological polar surface area (TPSA) is 230 Å². The van der Waals surface area contributed by atoms with Crippen molar-refractivity contribution in [2.45, 2.75) is 148 Å². The number of benzene rings is 2. The molecule has 0 saturated heterocycles. The van der Waals surface area contributed by atoms with Gasteiger partial charge in [0.2, 0.25) is 0 Å². The van der Waals surface area contributed by atoms with E-state index in [9.17, 15) is 39.9 Å². The van der Waals surface area contributed by atoms with E-state index in [0.29, 0.717) is 37.9 Å². The molecule has 0 aliphatic heterocycles. The molecule has 7 N–H and O–H groups in total. The summed E-state index contributed by atoms with van der Waals surface area (Å²) in [5.41, 5.74) is 0.906. The summed E-state index contributed by atoms with van der Waals surface area (Å²) in [6, 6.07) is 7.40. The van der Waals surface area contributed by atoms with Gasteiger partial charge in [-0.1, -0.05) is 13.8 Å². The minimum absolute atomic E-state index is 0.0764. The third kappa shape index (κ3) is 25.6. The second kappa shape index (κ2) is 30.2. The third-order valence-corrected chi connectivity index (χ3v) is 10.8. The second-order valence-corrected chi connectivity index (χ2v) is 17.8. The zero-order valence-electron chi connectivity index (χ0n) is 32.4. The number of phenols is 1. The number of aromatic hydroxyl groups is 1. The van der Waals surface area contributed by atoms with Gasteiger partial charge in [-0.05, 0) is 173 Å². The molecule has 56 heavy (non-hydrogen) atoms. The maximum atomic E-state index is 10.9. The molecule has 0 aliphatic carbocycles. The molecular weight excluding hydrogens is 1190 g/mol. The van der Waals surface area contributed by atoms with Crippen LogP contribution >= 0.6 is 90.4 Å². The number of aliphatic hydroxyl groups is 6. The smallest absolute Gasteiger partial charge is 0.302 e. The van der Waals surface area contributed by atoms with Gasteiger partial charge in [-0.3, -0.25) is 14.4 Å². The Morgan fingerprint density at radius 3 is 1.57 bits per heavy atom. The van der Waals surface area contributed by atoms with Crippen LogP contribution in [0.4, 0.5) is 0 Å². The van der Waals surface area contributed by atoms with Gasteiger partial charge in [-0.2, -0.15) is 0 Å². The zero-order valence-corrected chi connectivity index (χ0v) is 41.0. The lowest BCUT2D eigenvalue weighted by Gasteiger charge is -2.23. The lowest BCUT2D eigenvalue weighted by molar-refractivity contribution is -0.148. The average molecular weight is 1240 g/mol. The molecule has 14 nitrogen and oxygen atoms in total. The fourth-order valence-corrected chi connectivity index (χ4v) is 8.91. The average Bonchev–Trinajstić information content (AvgIpc) is 3.06. The minimum atomic E-state index is -0.889. The van der Waals surface area contributed by atoms with Gasteiger partial charge >= 0.3 is 11.9 Å². The molecule has 320 valence electrons. The van der Waals surface area contributed by atoms with E-state index < -0.39 is 54.7 Å². The van der Waals surface area contributed by atoms with Crippen molar-refractivity contribution in [3.63, 3.8) is 0 Å². The van der Waals surface area contributed by atoms with Crippen LogP contribution < -0.4 is 4.74 Å². The SMILES string of the molecule is CCC(CC(O)CC(O)CC(O)CC(C)OC(C)=O)OC(C)=O.CCC(O)CC(O)CC(C)O.O=COCc1cc(I)c(Oc2cc(I)c(O)c(I)c2)c(I)c1. The van der Waals surface area contributed by atoms with Crippen LogP contribution in [0.5, 0.6) is 17.2 Å². The van der Waals surface area contributed by atoms with Gasteiger partial charge in [0, 0.05) is 26.7 Å². The zero-order chi connectivity index (χ0) is 43.1. The number of halogens is 4. The van der Waals surface area contributed by atoms with E-state index in [-0.39, 0.29) is 44.1 Å². The first kappa shape index (κ1) is 55.1. The largest absolute Gasteiger partial charge is 0.506 e. The molecule has 0 amide bonds. The van der Waals surface area contributed by atoms with Crippen LogP contribution in [-0.2, 0) is 35.2 Å². The Kier molecular flexibility index (Phi) is 29.7. The molecule has 18 heteroatoms. The van der Waals surface area contributed by atoms with Gasteiger partial charge < -0.3 is 54.7 Å². The molecule has 0 bridgehead atoms. The first-order valence-electron chi connectivity index (χ1n) is 17.9. The first-order valence-corrected chi connectivity index (χ1v) is 22.2. The van der Waals surface area contributed by atoms with Crippen LogP contribution in [0.3, 0.4) is 0 Å². The second-order valence-electron chi connectivity index (χ2n) is 13.1. The van der Waals surface area contributed by atoms with Crippen LogP contribution in [0.25, 0.3) is 0 Å². The molecular formula is C38H56I4O14. The molecule has 0 aromatic heterocycles. The van der Waals surface area contributed by atoms with Crippen LogP contribution in [-0.4, -0.2) is 103 Å². The molecule has 8 unspecified atom stereocenters. The number of rotatable bonds is 21. The van der Waals surface area contributed by atoms with Crippen LogP contribution in [0.1, 0.15) is 98.5 Å². The third-order valence-electron chi connectivity index (χ3n) is 7.60. The van der Waals surface area contributed by atoms with Crippen molar-refractivity contribution in [1.82, 2.24) is 0 Å². The van der Waals surface area contributed by atoms with E-state index in [1.165, 1.54) is 13.8 Å². The number of carbonyl (C=O) groups is 3. The number of phenolic OH excluding ortho intramolecular Hbond substituents is 1. The van der Waals surface area contributed by atoms with Gasteiger partial charge in [-0.25, -0.2) is 0 Å². The highest BCUT2D eigenvalue weighted by molar-refractivity contribution is 14.1. The summed E-state index contributed by atoms with van der Waals surface area (Å²) in [6.07, 6.45) is -2.33. The number of aliphatic hydroxyl groups excluding tert-OH is 6. The van der Waals surface area contributed by atoms with Crippen molar-refractivity contribution in [1.29, 1.82) is 0 Å². The molecule has 2 aromatic rings. The Labute approximate surface area is 384 Å². The fourth-order valence-electron chi connectivity index (χ4n) is 5.08. The summed E-state index contributed by atoms with van der Waals surface area (Å²) in [4.78, 5) is 32.0. The molecule has 0 spiro atoms. The Hall–Kier alpha value is -0.870. The highest BCUT2D eigenvalue weighted by atomic mass is 127. The number of ether oxygens (including phenoxy) is 4. The fraction of sp³-hybridized carbons (Fsp3) is 0.605. The summed E-state index contributed by atoms with van der Waals surface area (Å²) in [5, 5.41) is 66.7. The van der Waals surface area contributed by atoms with Crippen molar-refractivity contribution >= 4 is 109 Å². The molecule has 2 rings (SSSR count). The maximum absolute atomic E-state index is 10.9. The van der Waals surface area contributed by atoms with E-state index in [4.69, 9.17) is 29.2 Å². The Morgan fingerprint density at radius 2 is 1.12 bits per heavy atom. The number of carbonyl (C=O) groups excluding carboxylic acids is 3. The highest BCUT2D eigenvalue weighted by Crippen LogP contribution is 2.37. The quantitative estimate of drug-likeness (QED) is 0.0308. The predicted octanol–water partition coefficient (Wildman–Crippen LogP) is 6.48. The Balaban J connectivity index is 0.000000861. The maximum Gasteiger partial charge on any atom is 0.302 e. The molecule has 8 atom stereocenters. The molecule has 0 saturated carbocycles. The van der Waals surface area contributed by atoms with Crippen molar-refractivity contribution < 1.29 is 69.1 Å². The molecule has 0 aliphatic rings. The van der Waals surface area contributed by atoms with Crippen LogP contribution in [0.2, 0.25) is 0 Å². The predicted molar refractivity (Wildman–Crippen MR) is 243 cm³/mol. The summed E-state index contributed by atoms with van der Waals surface area (Å²) in [6.45, 7) is 10.3. The normalized spacial score (nSPS) is 15.1. The Morgan fingerprint density at radius 1 is 0.661 bits per heavy atom. The monoisotopic (exact) mass is 1240 g/mol. The van der Waals surface area contributed by atoms with Gasteiger partial charge in [0.05, 0.1) is 50.9 Å². The van der Waals surface area contributed by atoms with E-state index in [0.717, 1.165) is 25.6 Å². The highest BCUT2D eigenvalue weighted by Gasteiger charge is 2.22. The summed E-state index contributed by atoms with van der Waals surface area (Å²) in [7, 11) is 0. The van der Waals surface area contributed by atoms with Gasteiger partial charge in [0.25, 0.3) is 6.47 Å². The van der Waals surface area contributed by atoms with Crippen LogP contribution in [0.15, 0.2) is 24.3 Å². The molecule has 2 aromatic carbocycles. The van der Waals surface area contributed by atoms with Crippen molar-refractivity contribution in [2.75, 3.05) is 0 Å². The molecule has 0 heterocycles. The standard InChI is InChI=1S/C16H30O7.C14H8I4O4.C8H18O3/c1-5-16(23-12(4)18)9-15(21)8-14(20)7-13(19)6-10(2)22-11(3)17;15-9-3-8(4-10(16)13(9)20)22-14-11(17)1-7(2-12(14)18)5-21-6-19;1-3-7(10)5-8(11)4-6(2)9/h10,13-16,19-21H,5-9H2,1-4H3;1-4,6,20H,5H2;6-11H,3-5H2,1-2H3. The number of hydrogen-bond acceptors (Lipinski definition) is 14. The van der Waals surface area contributed by atoms with E-state index in [2.05, 4.69) is 90.4 Å². The van der Waals surface area contributed by atoms with Crippen molar-refractivity contribution in [3.8, 4) is 17.2 Å². The van der Waals surface area contributed by atoms with Gasteiger partial charge in [-0.15, -0.1) is 0 Å². The summed E-state index contributed by atoms with van der Waals surface area (Å²) < 4.78 is 24.0. The molecule has 0 radical (unpaired) electrons. The van der Waals surface area contributed by atoms with E-state index in [1.807, 2.05) is 26.0 Å². The van der Waals surface area contributed by atoms with E-state index in [1.54, 1.807) is 26.0 Å². The van der Waals surface area contributed by atoms with Crippen LogP contribution in [0, 0.1) is 14.3 Å². The van der Waals surface area contributed by atoms with Gasteiger partial charge in [0.1, 0.15) is 30.3 Å². The number of esters is 2. The van der Waals surface area contributed by atoms with E-state index >= 15 is 0 Å².